The van der Waals surface area contributed by atoms with Crippen LogP contribution in [0, 0.1) is 13.8 Å². The van der Waals surface area contributed by atoms with Crippen LogP contribution in [0.25, 0.3) is 0 Å². The molecule has 0 aromatic heterocycles. The molecule has 0 aliphatic heterocycles. The molecule has 0 bridgehead atoms. The molecule has 0 aliphatic carbocycles. The number of aromatic hydroxyl groups is 1. The summed E-state index contributed by atoms with van der Waals surface area (Å²) in [6, 6.07) is 14.5. The van der Waals surface area contributed by atoms with Crippen molar-refractivity contribution in [2.45, 2.75) is 27.3 Å². The minimum Gasteiger partial charge on any atom is -0.507 e. The largest absolute Gasteiger partial charge is 0.507 e. The third-order valence-corrected chi connectivity index (χ3v) is 3.43. The van der Waals surface area contributed by atoms with Crippen LogP contribution in [-0.2, 0) is 6.54 Å². The van der Waals surface area contributed by atoms with E-state index >= 15 is 0 Å². The predicted octanol–water partition coefficient (Wildman–Crippen LogP) is 4.04. The molecular formula is C17H21NO. The first-order chi connectivity index (χ1) is 9.11. The van der Waals surface area contributed by atoms with E-state index < -0.39 is 0 Å². The molecule has 0 heterocycles. The molecule has 2 nitrogen and oxygen atoms in total. The first kappa shape index (κ1) is 13.5. The van der Waals surface area contributed by atoms with E-state index in [-0.39, 0.29) is 0 Å². The lowest BCUT2D eigenvalue weighted by Crippen LogP contribution is -2.21. The van der Waals surface area contributed by atoms with Crippen LogP contribution >= 0.6 is 0 Å². The highest BCUT2D eigenvalue weighted by Crippen LogP contribution is 2.25. The quantitative estimate of drug-likeness (QED) is 0.891. The minimum absolute atomic E-state index is 0.409. The molecule has 0 saturated heterocycles. The second-order valence-electron chi connectivity index (χ2n) is 4.93. The number of nitrogens with zero attached hydrogens (tertiary/aromatic N) is 1. The molecule has 2 aromatic carbocycles. The summed E-state index contributed by atoms with van der Waals surface area (Å²) >= 11 is 0. The molecule has 0 fully saturated rings. The number of anilines is 1. The van der Waals surface area contributed by atoms with Gasteiger partial charge in [-0.1, -0.05) is 30.3 Å². The highest BCUT2D eigenvalue weighted by Gasteiger charge is 2.08. The lowest BCUT2D eigenvalue weighted by atomic mass is 10.1. The zero-order valence-electron chi connectivity index (χ0n) is 11.9. The van der Waals surface area contributed by atoms with Gasteiger partial charge in [-0.05, 0) is 49.6 Å². The van der Waals surface area contributed by atoms with Crippen molar-refractivity contribution in [2.24, 2.45) is 0 Å². The van der Waals surface area contributed by atoms with Gasteiger partial charge in [0.15, 0.2) is 0 Å². The van der Waals surface area contributed by atoms with E-state index in [0.717, 1.165) is 24.2 Å². The molecule has 1 N–H and O–H groups in total. The molecule has 2 heteroatoms. The molecule has 0 saturated carbocycles. The van der Waals surface area contributed by atoms with Gasteiger partial charge in [0.2, 0.25) is 0 Å². The fourth-order valence-electron chi connectivity index (χ4n) is 2.38. The normalized spacial score (nSPS) is 10.5. The van der Waals surface area contributed by atoms with Gasteiger partial charge >= 0.3 is 0 Å². The van der Waals surface area contributed by atoms with E-state index in [1.54, 1.807) is 0 Å². The van der Waals surface area contributed by atoms with Crippen molar-refractivity contribution in [2.75, 3.05) is 11.4 Å². The zero-order chi connectivity index (χ0) is 13.8. The van der Waals surface area contributed by atoms with Crippen LogP contribution in [-0.4, -0.2) is 11.7 Å². The Morgan fingerprint density at radius 1 is 1.00 bits per heavy atom. The zero-order valence-corrected chi connectivity index (χ0v) is 11.9. The van der Waals surface area contributed by atoms with Crippen molar-refractivity contribution in [3.05, 3.63) is 59.2 Å². The van der Waals surface area contributed by atoms with Gasteiger partial charge in [-0.15, -0.1) is 0 Å². The summed E-state index contributed by atoms with van der Waals surface area (Å²) in [5.41, 5.74) is 4.35. The highest BCUT2D eigenvalue weighted by atomic mass is 16.3. The van der Waals surface area contributed by atoms with Gasteiger partial charge < -0.3 is 10.0 Å². The predicted molar refractivity (Wildman–Crippen MR) is 80.7 cm³/mol. The molecule has 0 unspecified atom stereocenters. The second-order valence-corrected chi connectivity index (χ2v) is 4.93. The van der Waals surface area contributed by atoms with Gasteiger partial charge in [-0.2, -0.15) is 0 Å². The topological polar surface area (TPSA) is 23.5 Å². The Morgan fingerprint density at radius 2 is 1.58 bits per heavy atom. The summed E-state index contributed by atoms with van der Waals surface area (Å²) < 4.78 is 0. The molecule has 2 rings (SSSR count). The SMILES string of the molecule is CCN(Cc1cc(C)c(O)c(C)c1)c1ccccc1. The van der Waals surface area contributed by atoms with Gasteiger partial charge in [-0.25, -0.2) is 0 Å². The van der Waals surface area contributed by atoms with Crippen LogP contribution in [0.1, 0.15) is 23.6 Å². The standard InChI is InChI=1S/C17H21NO/c1-4-18(16-8-6-5-7-9-16)12-15-10-13(2)17(19)14(3)11-15/h5-11,19H,4,12H2,1-3H3. The third-order valence-electron chi connectivity index (χ3n) is 3.43. The molecule has 0 aliphatic rings. The molecule has 0 amide bonds. The Bertz CT molecular complexity index is 525. The third kappa shape index (κ3) is 3.08. The summed E-state index contributed by atoms with van der Waals surface area (Å²) in [5, 5.41) is 9.83. The van der Waals surface area contributed by atoms with Crippen LogP contribution in [0.15, 0.2) is 42.5 Å². The van der Waals surface area contributed by atoms with Gasteiger partial charge in [0.05, 0.1) is 0 Å². The van der Waals surface area contributed by atoms with Crippen LogP contribution in [0.3, 0.4) is 0 Å². The molecule has 19 heavy (non-hydrogen) atoms. The number of aryl methyl sites for hydroxylation is 2. The first-order valence-corrected chi connectivity index (χ1v) is 6.71. The van der Waals surface area contributed by atoms with Gasteiger partial charge in [0.1, 0.15) is 5.75 Å². The Balaban J connectivity index is 2.24. The maximum atomic E-state index is 9.83. The fraction of sp³-hybridized carbons (Fsp3) is 0.294. The molecule has 0 atom stereocenters. The first-order valence-electron chi connectivity index (χ1n) is 6.71. The average molecular weight is 255 g/mol. The van der Waals surface area contributed by atoms with Gasteiger partial charge in [-0.3, -0.25) is 0 Å². The van der Waals surface area contributed by atoms with Gasteiger partial charge in [0, 0.05) is 18.8 Å². The number of hydrogen-bond donors (Lipinski definition) is 1. The van der Waals surface area contributed by atoms with Crippen molar-refractivity contribution in [1.29, 1.82) is 0 Å². The summed E-state index contributed by atoms with van der Waals surface area (Å²) in [5.74, 6) is 0.409. The number of benzene rings is 2. The highest BCUT2D eigenvalue weighted by molar-refractivity contribution is 5.48. The number of rotatable bonds is 4. The van der Waals surface area contributed by atoms with E-state index in [2.05, 4.69) is 48.2 Å². The van der Waals surface area contributed by atoms with Gasteiger partial charge in [0.25, 0.3) is 0 Å². The van der Waals surface area contributed by atoms with Crippen LogP contribution in [0.4, 0.5) is 5.69 Å². The Morgan fingerprint density at radius 3 is 2.11 bits per heavy atom. The van der Waals surface area contributed by atoms with Crippen LogP contribution in [0.2, 0.25) is 0 Å². The van der Waals surface area contributed by atoms with E-state index in [4.69, 9.17) is 0 Å². The van der Waals surface area contributed by atoms with Crippen molar-refractivity contribution >= 4 is 5.69 Å². The van der Waals surface area contributed by atoms with Crippen molar-refractivity contribution in [3.8, 4) is 5.75 Å². The smallest absolute Gasteiger partial charge is 0.121 e. The van der Waals surface area contributed by atoms with Crippen molar-refractivity contribution in [1.82, 2.24) is 0 Å². The summed E-state index contributed by atoms with van der Waals surface area (Å²) in [6.07, 6.45) is 0. The summed E-state index contributed by atoms with van der Waals surface area (Å²) in [4.78, 5) is 2.32. The van der Waals surface area contributed by atoms with E-state index in [0.29, 0.717) is 5.75 Å². The Labute approximate surface area is 115 Å². The van der Waals surface area contributed by atoms with Crippen molar-refractivity contribution < 1.29 is 5.11 Å². The number of hydrogen-bond acceptors (Lipinski definition) is 2. The van der Waals surface area contributed by atoms with Crippen LogP contribution in [0.5, 0.6) is 5.75 Å². The monoisotopic (exact) mass is 255 g/mol. The fourth-order valence-corrected chi connectivity index (χ4v) is 2.38. The minimum atomic E-state index is 0.409. The molecule has 0 spiro atoms. The molecule has 100 valence electrons. The lowest BCUT2D eigenvalue weighted by molar-refractivity contribution is 0.466. The Hall–Kier alpha value is -1.96. The molecular weight excluding hydrogens is 234 g/mol. The molecule has 0 radical (unpaired) electrons. The van der Waals surface area contributed by atoms with E-state index in [9.17, 15) is 5.11 Å². The average Bonchev–Trinajstić information content (AvgIpc) is 2.43. The van der Waals surface area contributed by atoms with Crippen LogP contribution < -0.4 is 4.90 Å². The second kappa shape index (κ2) is 5.79. The van der Waals surface area contributed by atoms with E-state index in [1.165, 1.54) is 11.3 Å². The summed E-state index contributed by atoms with van der Waals surface area (Å²) in [6.45, 7) is 7.88. The number of phenols is 1. The van der Waals surface area contributed by atoms with Crippen molar-refractivity contribution in [3.63, 3.8) is 0 Å². The van der Waals surface area contributed by atoms with E-state index in [1.807, 2.05) is 19.9 Å². The number of phenolic OH excluding ortho intramolecular Hbond substituents is 1. The Kier molecular flexibility index (Phi) is 4.10. The summed E-state index contributed by atoms with van der Waals surface area (Å²) in [7, 11) is 0. The number of para-hydroxylation sites is 1. The molecule has 2 aromatic rings. The maximum absolute atomic E-state index is 9.83. The maximum Gasteiger partial charge on any atom is 0.121 e. The lowest BCUT2D eigenvalue weighted by Gasteiger charge is -2.23.